The van der Waals surface area contributed by atoms with Crippen molar-refractivity contribution >= 4 is 43.2 Å². The highest BCUT2D eigenvalue weighted by atomic mass is 79.9. The van der Waals surface area contributed by atoms with Crippen LogP contribution in [0.3, 0.4) is 0 Å². The van der Waals surface area contributed by atoms with Crippen molar-refractivity contribution in [1.82, 2.24) is 10.0 Å². The molecule has 128 valence electrons. The number of rotatable bonds is 6. The molecule has 1 aliphatic carbocycles. The van der Waals surface area contributed by atoms with E-state index in [1.165, 1.54) is 12.1 Å². The highest BCUT2D eigenvalue weighted by Gasteiger charge is 2.28. The maximum Gasteiger partial charge on any atom is 0.252 e. The SMILES string of the molecule is C[C@@H](NC(=O)c1cc(S(=O)(=O)NC2CC2)ccc1Br)c1cccs1. The van der Waals surface area contributed by atoms with Crippen LogP contribution in [-0.4, -0.2) is 20.4 Å². The number of amides is 1. The largest absolute Gasteiger partial charge is 0.345 e. The van der Waals surface area contributed by atoms with Crippen molar-refractivity contribution in [1.29, 1.82) is 0 Å². The predicted molar refractivity (Wildman–Crippen MR) is 97.7 cm³/mol. The van der Waals surface area contributed by atoms with Crippen molar-refractivity contribution in [3.05, 3.63) is 50.6 Å². The lowest BCUT2D eigenvalue weighted by Crippen LogP contribution is -2.28. The Morgan fingerprint density at radius 2 is 2.08 bits per heavy atom. The summed E-state index contributed by atoms with van der Waals surface area (Å²) in [5.41, 5.74) is 0.303. The number of hydrogen-bond acceptors (Lipinski definition) is 4. The molecule has 0 saturated heterocycles. The van der Waals surface area contributed by atoms with E-state index in [9.17, 15) is 13.2 Å². The van der Waals surface area contributed by atoms with Gasteiger partial charge in [0.15, 0.2) is 0 Å². The molecule has 0 aliphatic heterocycles. The number of halogens is 1. The third kappa shape index (κ3) is 4.05. The number of carbonyl (C=O) groups excluding carboxylic acids is 1. The fourth-order valence-corrected chi connectivity index (χ4v) is 4.71. The number of nitrogens with one attached hydrogen (secondary N) is 2. The molecule has 3 rings (SSSR count). The summed E-state index contributed by atoms with van der Waals surface area (Å²) in [6, 6.07) is 8.25. The van der Waals surface area contributed by atoms with E-state index in [4.69, 9.17) is 0 Å². The summed E-state index contributed by atoms with van der Waals surface area (Å²) >= 11 is 4.89. The highest BCUT2D eigenvalue weighted by molar-refractivity contribution is 9.10. The average molecular weight is 429 g/mol. The van der Waals surface area contributed by atoms with Crippen LogP contribution >= 0.6 is 27.3 Å². The van der Waals surface area contributed by atoms with Crippen LogP contribution in [0.25, 0.3) is 0 Å². The van der Waals surface area contributed by atoms with Gasteiger partial charge in [0.1, 0.15) is 0 Å². The predicted octanol–water partition coefficient (Wildman–Crippen LogP) is 3.44. The molecule has 24 heavy (non-hydrogen) atoms. The molecule has 8 heteroatoms. The Morgan fingerprint density at radius 1 is 1.33 bits per heavy atom. The molecule has 0 spiro atoms. The zero-order valence-electron chi connectivity index (χ0n) is 13.0. The second-order valence-corrected chi connectivity index (χ2v) is 9.30. The topological polar surface area (TPSA) is 75.3 Å². The standard InChI is InChI=1S/C16H17BrN2O3S2/c1-10(15-3-2-8-23-15)18-16(20)13-9-12(6-7-14(13)17)24(21,22)19-11-4-5-11/h2-3,6-11,19H,4-5H2,1H3,(H,18,20)/t10-/m1/s1. The number of benzene rings is 1. The van der Waals surface area contributed by atoms with Gasteiger partial charge >= 0.3 is 0 Å². The van der Waals surface area contributed by atoms with Gasteiger partial charge in [-0.15, -0.1) is 11.3 Å². The van der Waals surface area contributed by atoms with E-state index in [0.29, 0.717) is 10.0 Å². The lowest BCUT2D eigenvalue weighted by atomic mass is 10.2. The molecule has 1 fully saturated rings. The molecule has 1 aliphatic rings. The quantitative estimate of drug-likeness (QED) is 0.739. The van der Waals surface area contributed by atoms with Crippen LogP contribution in [0.4, 0.5) is 0 Å². The zero-order chi connectivity index (χ0) is 17.3. The Bertz CT molecular complexity index is 846. The van der Waals surface area contributed by atoms with Crippen LogP contribution in [0.1, 0.15) is 41.0 Å². The number of carbonyl (C=O) groups is 1. The van der Waals surface area contributed by atoms with Crippen molar-refractivity contribution in [2.45, 2.75) is 36.7 Å². The number of sulfonamides is 1. The fraction of sp³-hybridized carbons (Fsp3) is 0.312. The molecule has 0 radical (unpaired) electrons. The average Bonchev–Trinajstić information content (AvgIpc) is 3.15. The van der Waals surface area contributed by atoms with E-state index in [1.54, 1.807) is 17.4 Å². The molecule has 1 saturated carbocycles. The van der Waals surface area contributed by atoms with Gasteiger partial charge in [-0.05, 0) is 65.3 Å². The van der Waals surface area contributed by atoms with Gasteiger partial charge < -0.3 is 5.32 Å². The Kier molecular flexibility index (Phi) is 5.10. The number of thiophene rings is 1. The highest BCUT2D eigenvalue weighted by Crippen LogP contribution is 2.26. The van der Waals surface area contributed by atoms with E-state index in [2.05, 4.69) is 26.0 Å². The molecular weight excluding hydrogens is 412 g/mol. The Morgan fingerprint density at radius 3 is 2.71 bits per heavy atom. The van der Waals surface area contributed by atoms with Crippen molar-refractivity contribution in [3.8, 4) is 0 Å². The van der Waals surface area contributed by atoms with Gasteiger partial charge in [-0.1, -0.05) is 6.07 Å². The van der Waals surface area contributed by atoms with Gasteiger partial charge in [-0.2, -0.15) is 0 Å². The van der Waals surface area contributed by atoms with Gasteiger partial charge in [0.25, 0.3) is 5.91 Å². The smallest absolute Gasteiger partial charge is 0.252 e. The third-order valence-corrected chi connectivity index (χ3v) is 6.97. The molecule has 5 nitrogen and oxygen atoms in total. The molecule has 0 unspecified atom stereocenters. The molecular formula is C16H17BrN2O3S2. The van der Waals surface area contributed by atoms with Gasteiger partial charge in [-0.25, -0.2) is 13.1 Å². The first-order valence-corrected chi connectivity index (χ1v) is 10.7. The maximum absolute atomic E-state index is 12.5. The normalized spacial score (nSPS) is 15.9. The second-order valence-electron chi connectivity index (χ2n) is 5.75. The minimum atomic E-state index is -3.59. The molecule has 1 aromatic heterocycles. The summed E-state index contributed by atoms with van der Waals surface area (Å²) in [5.74, 6) is -0.314. The van der Waals surface area contributed by atoms with E-state index < -0.39 is 10.0 Å². The van der Waals surface area contributed by atoms with Crippen LogP contribution in [0.2, 0.25) is 0 Å². The summed E-state index contributed by atoms with van der Waals surface area (Å²) in [6.07, 6.45) is 1.73. The van der Waals surface area contributed by atoms with Gasteiger partial charge in [-0.3, -0.25) is 4.79 Å². The van der Waals surface area contributed by atoms with Crippen LogP contribution in [-0.2, 0) is 10.0 Å². The van der Waals surface area contributed by atoms with Crippen molar-refractivity contribution in [2.75, 3.05) is 0 Å². The molecule has 2 N–H and O–H groups in total. The fourth-order valence-electron chi connectivity index (χ4n) is 2.22. The summed E-state index contributed by atoms with van der Waals surface area (Å²) in [6.45, 7) is 1.90. The van der Waals surface area contributed by atoms with Crippen LogP contribution in [0.15, 0.2) is 45.1 Å². The molecule has 1 amide bonds. The van der Waals surface area contributed by atoms with E-state index in [0.717, 1.165) is 17.7 Å². The van der Waals surface area contributed by atoms with E-state index in [1.807, 2.05) is 24.4 Å². The first-order chi connectivity index (χ1) is 11.4. The van der Waals surface area contributed by atoms with Gasteiger partial charge in [0, 0.05) is 15.4 Å². The number of hydrogen-bond donors (Lipinski definition) is 2. The van der Waals surface area contributed by atoms with Gasteiger partial charge in [0.2, 0.25) is 10.0 Å². The van der Waals surface area contributed by atoms with Crippen LogP contribution in [0.5, 0.6) is 0 Å². The maximum atomic E-state index is 12.5. The minimum Gasteiger partial charge on any atom is -0.345 e. The molecule has 1 heterocycles. The minimum absolute atomic E-state index is 0.0229. The van der Waals surface area contributed by atoms with Crippen molar-refractivity contribution in [3.63, 3.8) is 0 Å². The zero-order valence-corrected chi connectivity index (χ0v) is 16.2. The molecule has 1 atom stereocenters. The summed E-state index contributed by atoms with van der Waals surface area (Å²) in [7, 11) is -3.59. The lowest BCUT2D eigenvalue weighted by Gasteiger charge is -2.14. The summed E-state index contributed by atoms with van der Waals surface area (Å²) in [5, 5.41) is 4.85. The molecule has 1 aromatic carbocycles. The summed E-state index contributed by atoms with van der Waals surface area (Å²) < 4.78 is 27.8. The molecule has 0 bridgehead atoms. The Balaban J connectivity index is 1.81. The third-order valence-electron chi connectivity index (χ3n) is 3.71. The van der Waals surface area contributed by atoms with Crippen LogP contribution < -0.4 is 10.0 Å². The van der Waals surface area contributed by atoms with E-state index in [-0.39, 0.29) is 22.9 Å². The second kappa shape index (κ2) is 6.95. The van der Waals surface area contributed by atoms with Crippen LogP contribution in [0, 0.1) is 0 Å². The molecule has 2 aromatic rings. The van der Waals surface area contributed by atoms with E-state index >= 15 is 0 Å². The summed E-state index contributed by atoms with van der Waals surface area (Å²) in [4.78, 5) is 13.7. The Labute approximate surface area is 153 Å². The van der Waals surface area contributed by atoms with Crippen molar-refractivity contribution in [2.24, 2.45) is 0 Å². The Hall–Kier alpha value is -1.22. The monoisotopic (exact) mass is 428 g/mol. The van der Waals surface area contributed by atoms with Gasteiger partial charge in [0.05, 0.1) is 16.5 Å². The first kappa shape index (κ1) is 17.6. The lowest BCUT2D eigenvalue weighted by molar-refractivity contribution is 0.0939. The van der Waals surface area contributed by atoms with Crippen molar-refractivity contribution < 1.29 is 13.2 Å². The first-order valence-electron chi connectivity index (χ1n) is 7.53.